The van der Waals surface area contributed by atoms with Crippen LogP contribution in [0.4, 0.5) is 0 Å². The summed E-state index contributed by atoms with van der Waals surface area (Å²) in [6.45, 7) is 1.54. The molecule has 0 spiro atoms. The van der Waals surface area contributed by atoms with Crippen LogP contribution in [0.2, 0.25) is 0 Å². The van der Waals surface area contributed by atoms with Crippen LogP contribution in [-0.2, 0) is 18.0 Å². The van der Waals surface area contributed by atoms with Crippen LogP contribution in [0.1, 0.15) is 35.7 Å². The van der Waals surface area contributed by atoms with Gasteiger partial charge in [0.2, 0.25) is 0 Å². The van der Waals surface area contributed by atoms with E-state index in [0.717, 1.165) is 19.1 Å². The third-order valence-corrected chi connectivity index (χ3v) is 3.54. The van der Waals surface area contributed by atoms with Gasteiger partial charge in [0.15, 0.2) is 0 Å². The highest BCUT2D eigenvalue weighted by molar-refractivity contribution is 9.10. The van der Waals surface area contributed by atoms with Crippen LogP contribution in [0, 0.1) is 0 Å². The van der Waals surface area contributed by atoms with Gasteiger partial charge in [0.1, 0.15) is 0 Å². The SMILES string of the molecule is Brc1c(C2CC2)[nH]c2c1COC2. The molecule has 0 atom stereocenters. The molecular weight excluding hydrogens is 218 g/mol. The summed E-state index contributed by atoms with van der Waals surface area (Å²) in [6, 6.07) is 0. The smallest absolute Gasteiger partial charge is 0.0874 e. The zero-order chi connectivity index (χ0) is 8.13. The molecule has 0 saturated heterocycles. The van der Waals surface area contributed by atoms with Crippen LogP contribution >= 0.6 is 15.9 Å². The van der Waals surface area contributed by atoms with E-state index in [4.69, 9.17) is 4.74 Å². The zero-order valence-electron chi connectivity index (χ0n) is 6.69. The van der Waals surface area contributed by atoms with Gasteiger partial charge in [0, 0.05) is 27.3 Å². The fraction of sp³-hybridized carbons (Fsp3) is 0.556. The summed E-state index contributed by atoms with van der Waals surface area (Å²) >= 11 is 3.63. The van der Waals surface area contributed by atoms with Crippen molar-refractivity contribution in [1.29, 1.82) is 0 Å². The van der Waals surface area contributed by atoms with Gasteiger partial charge in [-0.15, -0.1) is 0 Å². The van der Waals surface area contributed by atoms with Gasteiger partial charge in [-0.2, -0.15) is 0 Å². The lowest BCUT2D eigenvalue weighted by molar-refractivity contribution is 0.132. The molecule has 3 heteroatoms. The second-order valence-corrected chi connectivity index (χ2v) is 4.37. The molecule has 1 aromatic rings. The molecule has 1 aliphatic heterocycles. The first-order valence-corrected chi connectivity index (χ1v) is 5.12. The Hall–Kier alpha value is -0.280. The van der Waals surface area contributed by atoms with Crippen LogP contribution in [0.15, 0.2) is 4.47 Å². The minimum absolute atomic E-state index is 0.765. The van der Waals surface area contributed by atoms with Gasteiger partial charge in [-0.25, -0.2) is 0 Å². The average Bonchev–Trinajstić information content (AvgIpc) is 2.71. The van der Waals surface area contributed by atoms with E-state index in [1.807, 2.05) is 0 Å². The molecule has 2 heterocycles. The van der Waals surface area contributed by atoms with Crippen molar-refractivity contribution in [1.82, 2.24) is 4.98 Å². The van der Waals surface area contributed by atoms with E-state index < -0.39 is 0 Å². The van der Waals surface area contributed by atoms with Crippen molar-refractivity contribution in [3.05, 3.63) is 21.4 Å². The third kappa shape index (κ3) is 0.896. The maximum absolute atomic E-state index is 5.33. The summed E-state index contributed by atoms with van der Waals surface area (Å²) in [5.41, 5.74) is 4.03. The van der Waals surface area contributed by atoms with Crippen LogP contribution in [0.25, 0.3) is 0 Å². The van der Waals surface area contributed by atoms with Crippen LogP contribution in [-0.4, -0.2) is 4.98 Å². The Kier molecular flexibility index (Phi) is 1.41. The highest BCUT2D eigenvalue weighted by Crippen LogP contribution is 2.45. The second kappa shape index (κ2) is 2.36. The quantitative estimate of drug-likeness (QED) is 0.785. The van der Waals surface area contributed by atoms with E-state index in [9.17, 15) is 0 Å². The lowest BCUT2D eigenvalue weighted by Gasteiger charge is -1.96. The van der Waals surface area contributed by atoms with Gasteiger partial charge >= 0.3 is 0 Å². The number of hydrogen-bond acceptors (Lipinski definition) is 1. The predicted molar refractivity (Wildman–Crippen MR) is 49.0 cm³/mol. The van der Waals surface area contributed by atoms with E-state index in [0.29, 0.717) is 0 Å². The molecule has 64 valence electrons. The molecular formula is C9H10BrNO. The lowest BCUT2D eigenvalue weighted by atomic mass is 10.2. The van der Waals surface area contributed by atoms with Crippen molar-refractivity contribution >= 4 is 15.9 Å². The Morgan fingerprint density at radius 1 is 1.33 bits per heavy atom. The molecule has 1 aromatic heterocycles. The number of nitrogens with one attached hydrogen (secondary N) is 1. The first-order chi connectivity index (χ1) is 5.86. The molecule has 1 saturated carbocycles. The van der Waals surface area contributed by atoms with E-state index in [-0.39, 0.29) is 0 Å². The number of hydrogen-bond donors (Lipinski definition) is 1. The Labute approximate surface area is 79.4 Å². The molecule has 1 fully saturated rings. The van der Waals surface area contributed by atoms with Gasteiger partial charge in [0.25, 0.3) is 0 Å². The third-order valence-electron chi connectivity index (χ3n) is 2.63. The standard InChI is InChI=1S/C9H10BrNO/c10-8-6-3-12-4-7(6)11-9(8)5-1-2-5/h5,11H,1-4H2. The fourth-order valence-electron chi connectivity index (χ4n) is 1.77. The fourth-order valence-corrected chi connectivity index (χ4v) is 2.55. The van der Waals surface area contributed by atoms with Crippen LogP contribution in [0.5, 0.6) is 0 Å². The van der Waals surface area contributed by atoms with Gasteiger partial charge in [-0.05, 0) is 28.8 Å². The Balaban J connectivity index is 2.10. The molecule has 0 aromatic carbocycles. The van der Waals surface area contributed by atoms with Gasteiger partial charge in [0.05, 0.1) is 13.2 Å². The molecule has 2 nitrogen and oxygen atoms in total. The first-order valence-electron chi connectivity index (χ1n) is 4.33. The summed E-state index contributed by atoms with van der Waals surface area (Å²) in [4.78, 5) is 3.45. The molecule has 0 bridgehead atoms. The highest BCUT2D eigenvalue weighted by Gasteiger charge is 2.31. The average molecular weight is 228 g/mol. The zero-order valence-corrected chi connectivity index (χ0v) is 8.28. The number of aromatic amines is 1. The molecule has 3 rings (SSSR count). The highest BCUT2D eigenvalue weighted by atomic mass is 79.9. The number of H-pyrrole nitrogens is 1. The molecule has 12 heavy (non-hydrogen) atoms. The van der Waals surface area contributed by atoms with Gasteiger partial charge < -0.3 is 9.72 Å². The largest absolute Gasteiger partial charge is 0.370 e. The summed E-state index contributed by atoms with van der Waals surface area (Å²) in [5.74, 6) is 0.796. The summed E-state index contributed by atoms with van der Waals surface area (Å²) < 4.78 is 6.61. The molecule has 2 aliphatic rings. The number of aromatic nitrogens is 1. The lowest BCUT2D eigenvalue weighted by Crippen LogP contribution is -1.85. The normalized spacial score (nSPS) is 21.4. The minimum Gasteiger partial charge on any atom is -0.370 e. The number of rotatable bonds is 1. The first kappa shape index (κ1) is 7.15. The predicted octanol–water partition coefficient (Wildman–Crippen LogP) is 2.68. The molecule has 0 radical (unpaired) electrons. The Morgan fingerprint density at radius 2 is 2.17 bits per heavy atom. The minimum atomic E-state index is 0.765. The second-order valence-electron chi connectivity index (χ2n) is 3.58. The van der Waals surface area contributed by atoms with Crippen molar-refractivity contribution < 1.29 is 4.74 Å². The van der Waals surface area contributed by atoms with Crippen molar-refractivity contribution in [2.24, 2.45) is 0 Å². The van der Waals surface area contributed by atoms with E-state index in [2.05, 4.69) is 20.9 Å². The van der Waals surface area contributed by atoms with Crippen LogP contribution < -0.4 is 0 Å². The van der Waals surface area contributed by atoms with E-state index in [1.165, 1.54) is 34.3 Å². The number of halogens is 1. The van der Waals surface area contributed by atoms with Crippen LogP contribution in [0.3, 0.4) is 0 Å². The maximum Gasteiger partial charge on any atom is 0.0874 e. The Morgan fingerprint density at radius 3 is 2.83 bits per heavy atom. The van der Waals surface area contributed by atoms with Gasteiger partial charge in [-0.1, -0.05) is 0 Å². The molecule has 0 unspecified atom stereocenters. The monoisotopic (exact) mass is 227 g/mol. The molecule has 0 amide bonds. The van der Waals surface area contributed by atoms with Crippen molar-refractivity contribution in [2.45, 2.75) is 32.0 Å². The van der Waals surface area contributed by atoms with Crippen molar-refractivity contribution in [3.8, 4) is 0 Å². The summed E-state index contributed by atoms with van der Waals surface area (Å²) in [6.07, 6.45) is 2.69. The summed E-state index contributed by atoms with van der Waals surface area (Å²) in [5, 5.41) is 0. The Bertz CT molecular complexity index is 328. The number of fused-ring (bicyclic) bond motifs is 1. The molecule has 1 N–H and O–H groups in total. The van der Waals surface area contributed by atoms with E-state index >= 15 is 0 Å². The summed E-state index contributed by atoms with van der Waals surface area (Å²) in [7, 11) is 0. The molecule has 1 aliphatic carbocycles. The topological polar surface area (TPSA) is 25.0 Å². The van der Waals surface area contributed by atoms with Gasteiger partial charge in [-0.3, -0.25) is 0 Å². The maximum atomic E-state index is 5.33. The van der Waals surface area contributed by atoms with Crippen molar-refractivity contribution in [2.75, 3.05) is 0 Å². The van der Waals surface area contributed by atoms with E-state index in [1.54, 1.807) is 0 Å². The van der Waals surface area contributed by atoms with Crippen molar-refractivity contribution in [3.63, 3.8) is 0 Å². The number of ether oxygens (including phenoxy) is 1.